The van der Waals surface area contributed by atoms with Gasteiger partial charge in [-0.2, -0.15) is 0 Å². The second-order valence-corrected chi connectivity index (χ2v) is 9.27. The lowest BCUT2D eigenvalue weighted by atomic mass is 10.1. The molecule has 0 radical (unpaired) electrons. The largest absolute Gasteiger partial charge is 0.352 e. The lowest BCUT2D eigenvalue weighted by Crippen LogP contribution is -2.57. The Morgan fingerprint density at radius 2 is 2.22 bits per heavy atom. The van der Waals surface area contributed by atoms with Crippen molar-refractivity contribution in [2.24, 2.45) is 0 Å². The number of piperazine rings is 1. The molecular formula is C19H20BrN5OS. The number of aromatic nitrogens is 3. The Labute approximate surface area is 169 Å². The molecule has 0 bridgehead atoms. The van der Waals surface area contributed by atoms with Gasteiger partial charge in [0.05, 0.1) is 15.8 Å². The lowest BCUT2D eigenvalue weighted by molar-refractivity contribution is 0.0629. The number of hydrogen-bond donors (Lipinski definition) is 1. The standard InChI is InChI=1S/C19H20BrN5OS/c1-2-14-13(20)9-15(27-14)18(26)25-8-7-24(10-19(25)4-5-19)17-12-3-6-21-16(12)22-11-23-17/h3,6,9,11H,2,4-5,7-8,10H2,1H3,(H,21,22,23). The van der Waals surface area contributed by atoms with E-state index in [0.717, 1.165) is 65.1 Å². The van der Waals surface area contributed by atoms with Crippen molar-refractivity contribution in [1.29, 1.82) is 0 Å². The maximum Gasteiger partial charge on any atom is 0.264 e. The Kier molecular flexibility index (Phi) is 4.01. The Bertz CT molecular complexity index is 1020. The fraction of sp³-hybridized carbons (Fsp3) is 0.421. The van der Waals surface area contributed by atoms with Crippen LogP contribution in [-0.4, -0.2) is 50.9 Å². The van der Waals surface area contributed by atoms with Crippen LogP contribution in [0, 0.1) is 0 Å². The number of anilines is 1. The van der Waals surface area contributed by atoms with Crippen LogP contribution in [0.15, 0.2) is 29.1 Å². The molecule has 1 amide bonds. The van der Waals surface area contributed by atoms with Crippen molar-refractivity contribution in [3.63, 3.8) is 0 Å². The number of carbonyl (C=O) groups excluding carboxylic acids is 1. The molecule has 4 heterocycles. The van der Waals surface area contributed by atoms with Crippen LogP contribution in [-0.2, 0) is 6.42 Å². The average Bonchev–Trinajstić information content (AvgIpc) is 3.11. The Hall–Kier alpha value is -1.93. The van der Waals surface area contributed by atoms with E-state index in [9.17, 15) is 4.79 Å². The summed E-state index contributed by atoms with van der Waals surface area (Å²) in [5.41, 5.74) is 0.810. The van der Waals surface area contributed by atoms with Crippen molar-refractivity contribution in [1.82, 2.24) is 19.9 Å². The number of amides is 1. The normalized spacial score (nSPS) is 18.4. The SMILES string of the molecule is CCc1sc(C(=O)N2CCN(c3ncnc4[nH]ccc34)CC23CC3)cc1Br. The summed E-state index contributed by atoms with van der Waals surface area (Å²) in [7, 11) is 0. The van der Waals surface area contributed by atoms with Gasteiger partial charge in [-0.25, -0.2) is 9.97 Å². The molecule has 8 heteroatoms. The summed E-state index contributed by atoms with van der Waals surface area (Å²) in [6.45, 7) is 4.47. The number of nitrogens with one attached hydrogen (secondary N) is 1. The number of fused-ring (bicyclic) bond motifs is 1. The molecule has 1 spiro atoms. The fourth-order valence-electron chi connectivity index (χ4n) is 4.04. The molecule has 2 fully saturated rings. The second-order valence-electron chi connectivity index (χ2n) is 7.28. The van der Waals surface area contributed by atoms with Gasteiger partial charge < -0.3 is 14.8 Å². The molecule has 3 aromatic rings. The Morgan fingerprint density at radius 1 is 1.37 bits per heavy atom. The van der Waals surface area contributed by atoms with E-state index in [-0.39, 0.29) is 11.4 Å². The van der Waals surface area contributed by atoms with Gasteiger partial charge in [0.1, 0.15) is 17.8 Å². The highest BCUT2D eigenvalue weighted by Crippen LogP contribution is 2.46. The number of thiophene rings is 1. The first-order valence-corrected chi connectivity index (χ1v) is 10.9. The summed E-state index contributed by atoms with van der Waals surface area (Å²) >= 11 is 5.20. The van der Waals surface area contributed by atoms with Crippen molar-refractivity contribution in [2.75, 3.05) is 24.5 Å². The Morgan fingerprint density at radius 3 is 2.96 bits per heavy atom. The number of rotatable bonds is 3. The third-order valence-corrected chi connectivity index (χ3v) is 7.88. The van der Waals surface area contributed by atoms with E-state index in [1.165, 1.54) is 4.88 Å². The molecule has 1 aliphatic carbocycles. The van der Waals surface area contributed by atoms with Gasteiger partial charge in [0.2, 0.25) is 0 Å². The molecule has 0 unspecified atom stereocenters. The second kappa shape index (κ2) is 6.31. The van der Waals surface area contributed by atoms with Crippen molar-refractivity contribution in [3.8, 4) is 0 Å². The van der Waals surface area contributed by atoms with Crippen molar-refractivity contribution < 1.29 is 4.79 Å². The number of hydrogen-bond acceptors (Lipinski definition) is 5. The molecule has 0 atom stereocenters. The van der Waals surface area contributed by atoms with Gasteiger partial charge in [0, 0.05) is 35.2 Å². The summed E-state index contributed by atoms with van der Waals surface area (Å²) in [5, 5.41) is 1.04. The third kappa shape index (κ3) is 2.77. The molecule has 0 aromatic carbocycles. The zero-order chi connectivity index (χ0) is 18.6. The van der Waals surface area contributed by atoms with Gasteiger partial charge >= 0.3 is 0 Å². The molecule has 1 saturated heterocycles. The molecule has 27 heavy (non-hydrogen) atoms. The van der Waals surface area contributed by atoms with Gasteiger partial charge in [-0.3, -0.25) is 4.79 Å². The number of H-pyrrole nitrogens is 1. The van der Waals surface area contributed by atoms with Crippen LogP contribution in [0.1, 0.15) is 34.3 Å². The first kappa shape index (κ1) is 17.2. The van der Waals surface area contributed by atoms with Crippen LogP contribution in [0.25, 0.3) is 11.0 Å². The van der Waals surface area contributed by atoms with E-state index in [1.54, 1.807) is 17.7 Å². The summed E-state index contributed by atoms with van der Waals surface area (Å²) in [4.78, 5) is 31.7. The molecule has 1 saturated carbocycles. The lowest BCUT2D eigenvalue weighted by Gasteiger charge is -2.42. The van der Waals surface area contributed by atoms with Crippen LogP contribution >= 0.6 is 27.3 Å². The minimum absolute atomic E-state index is 0.0498. The first-order valence-electron chi connectivity index (χ1n) is 9.24. The van der Waals surface area contributed by atoms with Gasteiger partial charge in [0.25, 0.3) is 5.91 Å². The molecule has 1 aliphatic heterocycles. The third-order valence-electron chi connectivity index (χ3n) is 5.65. The zero-order valence-corrected chi connectivity index (χ0v) is 17.4. The number of halogens is 1. The number of aryl methyl sites for hydroxylation is 1. The van der Waals surface area contributed by atoms with Crippen LogP contribution in [0.5, 0.6) is 0 Å². The average molecular weight is 446 g/mol. The van der Waals surface area contributed by atoms with Crippen LogP contribution in [0.3, 0.4) is 0 Å². The van der Waals surface area contributed by atoms with Gasteiger partial charge in [-0.15, -0.1) is 11.3 Å². The smallest absolute Gasteiger partial charge is 0.264 e. The van der Waals surface area contributed by atoms with E-state index >= 15 is 0 Å². The number of nitrogens with zero attached hydrogens (tertiary/aromatic N) is 4. The summed E-state index contributed by atoms with van der Waals surface area (Å²) < 4.78 is 1.05. The summed E-state index contributed by atoms with van der Waals surface area (Å²) in [6, 6.07) is 4.01. The van der Waals surface area contributed by atoms with Gasteiger partial charge in [-0.05, 0) is 47.3 Å². The highest BCUT2D eigenvalue weighted by molar-refractivity contribution is 9.10. The molecular weight excluding hydrogens is 426 g/mol. The number of aromatic amines is 1. The summed E-state index contributed by atoms with van der Waals surface area (Å²) in [5.74, 6) is 1.14. The summed E-state index contributed by atoms with van der Waals surface area (Å²) in [6.07, 6.45) is 6.57. The van der Waals surface area contributed by atoms with Crippen LogP contribution < -0.4 is 4.90 Å². The highest BCUT2D eigenvalue weighted by atomic mass is 79.9. The number of carbonyl (C=O) groups is 1. The predicted molar refractivity (Wildman–Crippen MR) is 111 cm³/mol. The zero-order valence-electron chi connectivity index (χ0n) is 15.0. The quantitative estimate of drug-likeness (QED) is 0.664. The predicted octanol–water partition coefficient (Wildman–Crippen LogP) is 3.84. The van der Waals surface area contributed by atoms with Crippen molar-refractivity contribution in [2.45, 2.75) is 31.7 Å². The first-order chi connectivity index (χ1) is 13.1. The van der Waals surface area contributed by atoms with Crippen molar-refractivity contribution in [3.05, 3.63) is 38.9 Å². The molecule has 3 aromatic heterocycles. The van der Waals surface area contributed by atoms with Gasteiger partial charge in [0.15, 0.2) is 0 Å². The van der Waals surface area contributed by atoms with E-state index in [0.29, 0.717) is 0 Å². The fourth-order valence-corrected chi connectivity index (χ4v) is 5.89. The van der Waals surface area contributed by atoms with E-state index < -0.39 is 0 Å². The van der Waals surface area contributed by atoms with Crippen LogP contribution in [0.4, 0.5) is 5.82 Å². The highest BCUT2D eigenvalue weighted by Gasteiger charge is 2.53. The minimum Gasteiger partial charge on any atom is -0.352 e. The monoisotopic (exact) mass is 445 g/mol. The van der Waals surface area contributed by atoms with Crippen LogP contribution in [0.2, 0.25) is 0 Å². The molecule has 5 rings (SSSR count). The maximum absolute atomic E-state index is 13.2. The van der Waals surface area contributed by atoms with Gasteiger partial charge in [-0.1, -0.05) is 6.92 Å². The maximum atomic E-state index is 13.2. The van der Waals surface area contributed by atoms with E-state index in [1.807, 2.05) is 18.3 Å². The minimum atomic E-state index is -0.0498. The molecule has 2 aliphatic rings. The molecule has 6 nitrogen and oxygen atoms in total. The van der Waals surface area contributed by atoms with E-state index in [4.69, 9.17) is 0 Å². The topological polar surface area (TPSA) is 65.1 Å². The molecule has 140 valence electrons. The van der Waals surface area contributed by atoms with E-state index in [2.05, 4.69) is 47.6 Å². The molecule has 1 N–H and O–H groups in total. The van der Waals surface area contributed by atoms with Crippen molar-refractivity contribution >= 4 is 50.0 Å². The Balaban J connectivity index is 1.41.